The van der Waals surface area contributed by atoms with Crippen molar-refractivity contribution in [1.82, 2.24) is 4.90 Å². The molecule has 0 aromatic carbocycles. The number of rotatable bonds is 3. The summed E-state index contributed by atoms with van der Waals surface area (Å²) in [7, 11) is 0. The van der Waals surface area contributed by atoms with Crippen LogP contribution in [0.15, 0.2) is 11.6 Å². The first-order chi connectivity index (χ1) is 8.09. The molecule has 18 heavy (non-hydrogen) atoms. The monoisotopic (exact) mass is 252 g/mol. The van der Waals surface area contributed by atoms with Gasteiger partial charge in [0.2, 0.25) is 5.91 Å². The molecule has 0 fully saturated rings. The minimum Gasteiger partial charge on any atom is -0.339 e. The van der Waals surface area contributed by atoms with Crippen molar-refractivity contribution in [3.63, 3.8) is 0 Å². The Morgan fingerprint density at radius 1 is 1.33 bits per heavy atom. The van der Waals surface area contributed by atoms with E-state index in [4.69, 9.17) is 5.73 Å². The molecule has 0 bridgehead atoms. The van der Waals surface area contributed by atoms with Gasteiger partial charge in [0.25, 0.3) is 0 Å². The van der Waals surface area contributed by atoms with E-state index >= 15 is 0 Å². The molecule has 1 aliphatic heterocycles. The van der Waals surface area contributed by atoms with Gasteiger partial charge < -0.3 is 10.6 Å². The van der Waals surface area contributed by atoms with E-state index in [2.05, 4.69) is 26.8 Å². The van der Waals surface area contributed by atoms with Crippen LogP contribution < -0.4 is 5.73 Å². The van der Waals surface area contributed by atoms with Crippen LogP contribution in [0.2, 0.25) is 0 Å². The fourth-order valence-corrected chi connectivity index (χ4v) is 2.16. The second-order valence-electron chi connectivity index (χ2n) is 7.06. The molecular formula is C15H28N2O. The lowest BCUT2D eigenvalue weighted by Gasteiger charge is -2.32. The number of amides is 1. The molecule has 1 heterocycles. The topological polar surface area (TPSA) is 46.3 Å². The highest BCUT2D eigenvalue weighted by molar-refractivity contribution is 5.76. The Morgan fingerprint density at radius 2 is 1.94 bits per heavy atom. The van der Waals surface area contributed by atoms with Gasteiger partial charge in [-0.3, -0.25) is 4.79 Å². The van der Waals surface area contributed by atoms with E-state index in [-0.39, 0.29) is 16.9 Å². The summed E-state index contributed by atoms with van der Waals surface area (Å²) in [5.74, 6) is 0.234. The zero-order valence-electron chi connectivity index (χ0n) is 12.5. The second kappa shape index (κ2) is 5.43. The molecule has 0 atom stereocenters. The molecule has 0 aromatic rings. The van der Waals surface area contributed by atoms with Crippen LogP contribution in [-0.2, 0) is 4.79 Å². The molecular weight excluding hydrogens is 224 g/mol. The van der Waals surface area contributed by atoms with E-state index in [0.29, 0.717) is 6.42 Å². The van der Waals surface area contributed by atoms with Crippen molar-refractivity contribution >= 4 is 5.91 Å². The Balaban J connectivity index is 2.48. The highest BCUT2D eigenvalue weighted by atomic mass is 16.2. The van der Waals surface area contributed by atoms with Crippen molar-refractivity contribution in [2.24, 2.45) is 11.1 Å². The average molecular weight is 252 g/mol. The van der Waals surface area contributed by atoms with E-state index in [0.717, 1.165) is 25.9 Å². The maximum Gasteiger partial charge on any atom is 0.222 e. The van der Waals surface area contributed by atoms with Crippen LogP contribution in [0, 0.1) is 5.41 Å². The summed E-state index contributed by atoms with van der Waals surface area (Å²) in [6.45, 7) is 12.2. The Hall–Kier alpha value is -0.830. The number of carbonyl (C=O) groups is 1. The van der Waals surface area contributed by atoms with Crippen LogP contribution in [0.25, 0.3) is 0 Å². The molecule has 1 amide bonds. The highest BCUT2D eigenvalue weighted by Crippen LogP contribution is 2.30. The van der Waals surface area contributed by atoms with E-state index in [1.54, 1.807) is 0 Å². The Bertz CT molecular complexity index is 331. The molecule has 0 aromatic heterocycles. The van der Waals surface area contributed by atoms with Crippen molar-refractivity contribution < 1.29 is 4.79 Å². The molecule has 0 spiro atoms. The van der Waals surface area contributed by atoms with Crippen LogP contribution in [0.3, 0.4) is 0 Å². The van der Waals surface area contributed by atoms with Gasteiger partial charge in [0.1, 0.15) is 0 Å². The van der Waals surface area contributed by atoms with Gasteiger partial charge in [-0.05, 0) is 32.1 Å². The van der Waals surface area contributed by atoms with E-state index in [9.17, 15) is 4.79 Å². The molecule has 1 aliphatic rings. The third-order valence-corrected chi connectivity index (χ3v) is 3.51. The van der Waals surface area contributed by atoms with Gasteiger partial charge >= 0.3 is 0 Å². The van der Waals surface area contributed by atoms with Crippen LogP contribution in [0.5, 0.6) is 0 Å². The van der Waals surface area contributed by atoms with E-state index < -0.39 is 0 Å². The zero-order chi connectivity index (χ0) is 14.0. The van der Waals surface area contributed by atoms with Crippen molar-refractivity contribution in [2.45, 2.75) is 59.4 Å². The van der Waals surface area contributed by atoms with Gasteiger partial charge in [-0.15, -0.1) is 0 Å². The van der Waals surface area contributed by atoms with Crippen LogP contribution >= 0.6 is 0 Å². The Morgan fingerprint density at radius 3 is 2.33 bits per heavy atom. The lowest BCUT2D eigenvalue weighted by Crippen LogP contribution is -2.39. The molecule has 0 saturated carbocycles. The summed E-state index contributed by atoms with van der Waals surface area (Å²) in [5.41, 5.74) is 7.35. The maximum absolute atomic E-state index is 12.0. The van der Waals surface area contributed by atoms with Gasteiger partial charge in [-0.25, -0.2) is 0 Å². The van der Waals surface area contributed by atoms with Crippen molar-refractivity contribution in [3.8, 4) is 0 Å². The van der Waals surface area contributed by atoms with E-state index in [1.165, 1.54) is 5.57 Å². The molecule has 0 saturated heterocycles. The molecule has 3 heteroatoms. The third-order valence-electron chi connectivity index (χ3n) is 3.51. The molecule has 0 unspecified atom stereocenters. The van der Waals surface area contributed by atoms with Crippen LogP contribution in [-0.4, -0.2) is 29.4 Å². The predicted molar refractivity (Wildman–Crippen MR) is 76.2 cm³/mol. The van der Waals surface area contributed by atoms with Gasteiger partial charge in [-0.2, -0.15) is 0 Å². The minimum absolute atomic E-state index is 0.231. The fourth-order valence-electron chi connectivity index (χ4n) is 2.16. The molecule has 0 radical (unpaired) electrons. The number of hydrogen-bond donors (Lipinski definition) is 1. The molecule has 104 valence electrons. The maximum atomic E-state index is 12.0. The van der Waals surface area contributed by atoms with Crippen molar-refractivity contribution in [1.29, 1.82) is 0 Å². The first-order valence-corrected chi connectivity index (χ1v) is 6.86. The first-order valence-electron chi connectivity index (χ1n) is 6.86. The van der Waals surface area contributed by atoms with E-state index in [1.807, 2.05) is 18.7 Å². The summed E-state index contributed by atoms with van der Waals surface area (Å²) in [5, 5.41) is 0. The zero-order valence-corrected chi connectivity index (χ0v) is 12.5. The standard InChI is InChI=1S/C15H28N2O/c1-14(2,3)12-7-10-17(11-8-12)13(18)6-9-15(4,5)16/h7H,6,8-11,16H2,1-5H3. The predicted octanol–water partition coefficient (Wildman–Crippen LogP) is 2.71. The second-order valence-corrected chi connectivity index (χ2v) is 7.06. The fraction of sp³-hybridized carbons (Fsp3) is 0.800. The molecule has 2 N–H and O–H groups in total. The Labute approximate surface area is 111 Å². The smallest absolute Gasteiger partial charge is 0.222 e. The number of nitrogens with two attached hydrogens (primary N) is 1. The van der Waals surface area contributed by atoms with Crippen molar-refractivity contribution in [2.75, 3.05) is 13.1 Å². The van der Waals surface area contributed by atoms with Gasteiger partial charge in [-0.1, -0.05) is 32.4 Å². The van der Waals surface area contributed by atoms with Gasteiger partial charge in [0.05, 0.1) is 0 Å². The molecule has 3 nitrogen and oxygen atoms in total. The summed E-state index contributed by atoms with van der Waals surface area (Å²) in [6.07, 6.45) is 4.52. The summed E-state index contributed by atoms with van der Waals surface area (Å²) in [4.78, 5) is 14.0. The quantitative estimate of drug-likeness (QED) is 0.785. The normalized spacial score (nSPS) is 17.7. The summed E-state index contributed by atoms with van der Waals surface area (Å²) >= 11 is 0. The largest absolute Gasteiger partial charge is 0.339 e. The third kappa shape index (κ3) is 4.81. The van der Waals surface area contributed by atoms with Crippen molar-refractivity contribution in [3.05, 3.63) is 11.6 Å². The lowest BCUT2D eigenvalue weighted by atomic mass is 9.83. The van der Waals surface area contributed by atoms with Crippen LogP contribution in [0.1, 0.15) is 53.9 Å². The average Bonchev–Trinajstić information content (AvgIpc) is 2.24. The molecule has 0 aliphatic carbocycles. The highest BCUT2D eigenvalue weighted by Gasteiger charge is 2.24. The summed E-state index contributed by atoms with van der Waals surface area (Å²) < 4.78 is 0. The van der Waals surface area contributed by atoms with Gasteiger partial charge in [0.15, 0.2) is 0 Å². The molecule has 1 rings (SSSR count). The number of carbonyl (C=O) groups excluding carboxylic acids is 1. The summed E-state index contributed by atoms with van der Waals surface area (Å²) in [6, 6.07) is 0. The first kappa shape index (κ1) is 15.2. The van der Waals surface area contributed by atoms with Crippen LogP contribution in [0.4, 0.5) is 0 Å². The minimum atomic E-state index is -0.252. The lowest BCUT2D eigenvalue weighted by molar-refractivity contribution is -0.131. The van der Waals surface area contributed by atoms with Gasteiger partial charge in [0, 0.05) is 25.0 Å². The SMILES string of the molecule is CC(C)(N)CCC(=O)N1CC=C(C(C)(C)C)CC1. The Kier molecular flexibility index (Phi) is 4.60. The number of nitrogens with zero attached hydrogens (tertiary/aromatic N) is 1. The number of hydrogen-bond acceptors (Lipinski definition) is 2.